The van der Waals surface area contributed by atoms with Crippen molar-refractivity contribution in [1.29, 1.82) is 0 Å². The summed E-state index contributed by atoms with van der Waals surface area (Å²) >= 11 is 0. The SMILES string of the molecule is CCOC(=O)c1ccc(CC(=O)OC(C)(C)C)c(F)c1. The Morgan fingerprint density at radius 2 is 1.90 bits per heavy atom. The van der Waals surface area contributed by atoms with Crippen LogP contribution in [-0.2, 0) is 20.7 Å². The Labute approximate surface area is 117 Å². The fraction of sp³-hybridized carbons (Fsp3) is 0.467. The van der Waals surface area contributed by atoms with Crippen molar-refractivity contribution >= 4 is 11.9 Å². The van der Waals surface area contributed by atoms with Crippen LogP contribution in [0.3, 0.4) is 0 Å². The molecule has 5 heteroatoms. The lowest BCUT2D eigenvalue weighted by molar-refractivity contribution is -0.153. The van der Waals surface area contributed by atoms with Gasteiger partial charge in [-0.2, -0.15) is 0 Å². The highest BCUT2D eigenvalue weighted by Gasteiger charge is 2.18. The molecule has 0 radical (unpaired) electrons. The molecule has 0 unspecified atom stereocenters. The molecule has 0 aliphatic heterocycles. The molecule has 0 amide bonds. The first-order valence-electron chi connectivity index (χ1n) is 6.40. The fourth-order valence-electron chi connectivity index (χ4n) is 1.57. The van der Waals surface area contributed by atoms with Gasteiger partial charge >= 0.3 is 11.9 Å². The second kappa shape index (κ2) is 6.50. The maximum atomic E-state index is 13.8. The maximum absolute atomic E-state index is 13.8. The fourth-order valence-corrected chi connectivity index (χ4v) is 1.57. The predicted molar refractivity (Wildman–Crippen MR) is 71.9 cm³/mol. The zero-order chi connectivity index (χ0) is 15.3. The molecular weight excluding hydrogens is 263 g/mol. The van der Waals surface area contributed by atoms with E-state index in [0.717, 1.165) is 6.07 Å². The molecule has 0 bridgehead atoms. The van der Waals surface area contributed by atoms with Gasteiger partial charge in [-0.1, -0.05) is 6.07 Å². The number of carbonyl (C=O) groups excluding carboxylic acids is 2. The van der Waals surface area contributed by atoms with Crippen LogP contribution in [0.2, 0.25) is 0 Å². The van der Waals surface area contributed by atoms with E-state index < -0.39 is 23.4 Å². The number of rotatable bonds is 4. The first-order valence-corrected chi connectivity index (χ1v) is 6.40. The molecule has 0 N–H and O–H groups in total. The third-order valence-electron chi connectivity index (χ3n) is 2.32. The molecule has 0 saturated heterocycles. The second-order valence-electron chi connectivity index (χ2n) is 5.29. The molecule has 0 aromatic heterocycles. The third-order valence-corrected chi connectivity index (χ3v) is 2.32. The number of ether oxygens (including phenoxy) is 2. The minimum atomic E-state index is -0.624. The van der Waals surface area contributed by atoms with E-state index in [4.69, 9.17) is 9.47 Å². The van der Waals surface area contributed by atoms with Crippen molar-refractivity contribution in [3.05, 3.63) is 35.1 Å². The molecule has 0 aliphatic rings. The maximum Gasteiger partial charge on any atom is 0.338 e. The number of benzene rings is 1. The number of esters is 2. The van der Waals surface area contributed by atoms with Gasteiger partial charge in [-0.05, 0) is 45.4 Å². The van der Waals surface area contributed by atoms with Gasteiger partial charge in [-0.25, -0.2) is 9.18 Å². The van der Waals surface area contributed by atoms with Crippen molar-refractivity contribution in [3.63, 3.8) is 0 Å². The van der Waals surface area contributed by atoms with Crippen molar-refractivity contribution in [2.75, 3.05) is 6.61 Å². The van der Waals surface area contributed by atoms with Crippen LogP contribution in [0.15, 0.2) is 18.2 Å². The van der Waals surface area contributed by atoms with Crippen molar-refractivity contribution in [1.82, 2.24) is 0 Å². The summed E-state index contributed by atoms with van der Waals surface area (Å²) in [6, 6.07) is 3.89. The molecule has 0 spiro atoms. The van der Waals surface area contributed by atoms with E-state index in [9.17, 15) is 14.0 Å². The first-order chi connectivity index (χ1) is 9.23. The Balaban J connectivity index is 2.79. The van der Waals surface area contributed by atoms with E-state index in [1.165, 1.54) is 12.1 Å². The Hall–Kier alpha value is -1.91. The minimum absolute atomic E-state index is 0.122. The average molecular weight is 282 g/mol. The van der Waals surface area contributed by atoms with Gasteiger partial charge < -0.3 is 9.47 Å². The molecule has 20 heavy (non-hydrogen) atoms. The summed E-state index contributed by atoms with van der Waals surface area (Å²) in [6.07, 6.45) is -0.174. The van der Waals surface area contributed by atoms with Gasteiger partial charge in [0.2, 0.25) is 0 Å². The molecule has 0 fully saturated rings. The van der Waals surface area contributed by atoms with Gasteiger partial charge in [0.05, 0.1) is 18.6 Å². The molecular formula is C15H19FO4. The van der Waals surface area contributed by atoms with Crippen LogP contribution in [0.5, 0.6) is 0 Å². The lowest BCUT2D eigenvalue weighted by Gasteiger charge is -2.19. The van der Waals surface area contributed by atoms with E-state index in [1.807, 2.05) is 0 Å². The van der Waals surface area contributed by atoms with Gasteiger partial charge in [-0.3, -0.25) is 4.79 Å². The van der Waals surface area contributed by atoms with E-state index in [2.05, 4.69) is 0 Å². The van der Waals surface area contributed by atoms with Crippen molar-refractivity contribution in [3.8, 4) is 0 Å². The topological polar surface area (TPSA) is 52.6 Å². The molecule has 0 aliphatic carbocycles. The molecule has 4 nitrogen and oxygen atoms in total. The van der Waals surface area contributed by atoms with Gasteiger partial charge in [0.1, 0.15) is 11.4 Å². The Morgan fingerprint density at radius 1 is 1.25 bits per heavy atom. The molecule has 1 rings (SSSR count). The Morgan fingerprint density at radius 3 is 2.40 bits per heavy atom. The van der Waals surface area contributed by atoms with Crippen LogP contribution in [0, 0.1) is 5.82 Å². The predicted octanol–water partition coefficient (Wildman–Crippen LogP) is 2.89. The molecule has 0 heterocycles. The summed E-state index contributed by atoms with van der Waals surface area (Å²) in [5.41, 5.74) is -0.303. The summed E-state index contributed by atoms with van der Waals surface area (Å²) in [5.74, 6) is -1.73. The number of hydrogen-bond acceptors (Lipinski definition) is 4. The van der Waals surface area contributed by atoms with Gasteiger partial charge in [0.25, 0.3) is 0 Å². The Bertz CT molecular complexity index is 503. The van der Waals surface area contributed by atoms with Crippen LogP contribution in [0.1, 0.15) is 43.6 Å². The highest BCUT2D eigenvalue weighted by Crippen LogP contribution is 2.15. The van der Waals surface area contributed by atoms with Crippen LogP contribution < -0.4 is 0 Å². The molecule has 110 valence electrons. The monoisotopic (exact) mass is 282 g/mol. The first kappa shape index (κ1) is 16.1. The average Bonchev–Trinajstić information content (AvgIpc) is 2.29. The molecule has 0 atom stereocenters. The van der Waals surface area contributed by atoms with Crippen molar-refractivity contribution in [2.45, 2.75) is 39.7 Å². The van der Waals surface area contributed by atoms with E-state index in [0.29, 0.717) is 0 Å². The van der Waals surface area contributed by atoms with Crippen LogP contribution in [0.4, 0.5) is 4.39 Å². The van der Waals surface area contributed by atoms with E-state index >= 15 is 0 Å². The molecule has 1 aromatic rings. The minimum Gasteiger partial charge on any atom is -0.462 e. The number of hydrogen-bond donors (Lipinski definition) is 0. The zero-order valence-electron chi connectivity index (χ0n) is 12.2. The number of carbonyl (C=O) groups is 2. The lowest BCUT2D eigenvalue weighted by atomic mass is 10.1. The largest absolute Gasteiger partial charge is 0.462 e. The van der Waals surface area contributed by atoms with Gasteiger partial charge in [0.15, 0.2) is 0 Å². The normalized spacial score (nSPS) is 11.1. The van der Waals surface area contributed by atoms with Crippen molar-refractivity contribution < 1.29 is 23.5 Å². The summed E-state index contributed by atoms with van der Waals surface area (Å²) < 4.78 is 23.7. The van der Waals surface area contributed by atoms with E-state index in [1.54, 1.807) is 27.7 Å². The second-order valence-corrected chi connectivity index (χ2v) is 5.29. The van der Waals surface area contributed by atoms with Gasteiger partial charge in [0, 0.05) is 0 Å². The standard InChI is InChI=1S/C15H19FO4/c1-5-19-14(18)11-7-6-10(12(16)8-11)9-13(17)20-15(2,3)4/h6-8H,5,9H2,1-4H3. The van der Waals surface area contributed by atoms with Crippen LogP contribution >= 0.6 is 0 Å². The summed E-state index contributed by atoms with van der Waals surface area (Å²) in [4.78, 5) is 23.1. The van der Waals surface area contributed by atoms with Crippen LogP contribution in [0.25, 0.3) is 0 Å². The van der Waals surface area contributed by atoms with Crippen molar-refractivity contribution in [2.24, 2.45) is 0 Å². The lowest BCUT2D eigenvalue weighted by Crippen LogP contribution is -2.25. The smallest absolute Gasteiger partial charge is 0.338 e. The summed E-state index contributed by atoms with van der Waals surface area (Å²) in [5, 5.41) is 0. The number of halogens is 1. The third kappa shape index (κ3) is 4.99. The summed E-state index contributed by atoms with van der Waals surface area (Å²) in [6.45, 7) is 7.12. The zero-order valence-corrected chi connectivity index (χ0v) is 12.2. The molecule has 1 aromatic carbocycles. The highest BCUT2D eigenvalue weighted by atomic mass is 19.1. The van der Waals surface area contributed by atoms with Crippen LogP contribution in [-0.4, -0.2) is 24.1 Å². The quantitative estimate of drug-likeness (QED) is 0.797. The van der Waals surface area contributed by atoms with E-state index in [-0.39, 0.29) is 24.2 Å². The Kier molecular flexibility index (Phi) is 5.25. The molecule has 0 saturated carbocycles. The van der Waals surface area contributed by atoms with Gasteiger partial charge in [-0.15, -0.1) is 0 Å². The summed E-state index contributed by atoms with van der Waals surface area (Å²) in [7, 11) is 0. The highest BCUT2D eigenvalue weighted by molar-refractivity contribution is 5.89.